The summed E-state index contributed by atoms with van der Waals surface area (Å²) in [6.07, 6.45) is 2.92. The normalized spacial score (nSPS) is 24.9. The largest absolute Gasteiger partial charge is 0.398 e. The molecule has 1 fully saturated rings. The molecule has 0 heterocycles. The van der Waals surface area contributed by atoms with Crippen LogP contribution in [0.4, 0.5) is 5.69 Å². The highest BCUT2D eigenvalue weighted by Crippen LogP contribution is 2.56. The highest BCUT2D eigenvalue weighted by Gasteiger charge is 2.57. The topological polar surface area (TPSA) is 89.3 Å². The van der Waals surface area contributed by atoms with Gasteiger partial charge < -0.3 is 5.73 Å². The van der Waals surface area contributed by atoms with Gasteiger partial charge in [-0.25, -0.2) is 13.1 Å². The zero-order chi connectivity index (χ0) is 15.0. The number of nitrogens with one attached hydrogen (secondary N) is 1. The van der Waals surface area contributed by atoms with Gasteiger partial charge in [0.2, 0.25) is 5.91 Å². The van der Waals surface area contributed by atoms with Gasteiger partial charge in [-0.05, 0) is 30.9 Å². The summed E-state index contributed by atoms with van der Waals surface area (Å²) < 4.78 is 26.6. The molecule has 0 saturated heterocycles. The summed E-state index contributed by atoms with van der Waals surface area (Å²) in [5.74, 6) is -0.441. The molecule has 1 aliphatic rings. The minimum absolute atomic E-state index is 0.0378. The lowest BCUT2D eigenvalue weighted by molar-refractivity contribution is -0.124. The molecular weight excluding hydrogens is 276 g/mol. The van der Waals surface area contributed by atoms with Crippen molar-refractivity contribution in [3.05, 3.63) is 36.9 Å². The van der Waals surface area contributed by atoms with Crippen molar-refractivity contribution in [3.63, 3.8) is 0 Å². The van der Waals surface area contributed by atoms with Gasteiger partial charge in [-0.3, -0.25) is 4.79 Å². The van der Waals surface area contributed by atoms with Crippen LogP contribution in [0.25, 0.3) is 0 Å². The van der Waals surface area contributed by atoms with Gasteiger partial charge in [0.25, 0.3) is 10.0 Å². The third-order valence-electron chi connectivity index (χ3n) is 3.94. The zero-order valence-electron chi connectivity index (χ0n) is 11.3. The molecule has 0 aliphatic heterocycles. The van der Waals surface area contributed by atoms with E-state index in [0.29, 0.717) is 12.8 Å². The van der Waals surface area contributed by atoms with Gasteiger partial charge in [-0.2, -0.15) is 0 Å². The number of carbonyl (C=O) groups excluding carboxylic acids is 1. The molecule has 1 aromatic rings. The number of benzene rings is 1. The van der Waals surface area contributed by atoms with Crippen LogP contribution in [-0.2, 0) is 14.8 Å². The minimum Gasteiger partial charge on any atom is -0.398 e. The summed E-state index contributed by atoms with van der Waals surface area (Å²) in [5.41, 5.74) is 5.13. The Bertz CT molecular complexity index is 654. The van der Waals surface area contributed by atoms with Crippen molar-refractivity contribution >= 4 is 21.6 Å². The summed E-state index contributed by atoms with van der Waals surface area (Å²) in [7, 11) is -3.93. The highest BCUT2D eigenvalue weighted by molar-refractivity contribution is 7.90. The predicted octanol–water partition coefficient (Wildman–Crippen LogP) is 1.68. The van der Waals surface area contributed by atoms with E-state index in [9.17, 15) is 13.2 Å². The van der Waals surface area contributed by atoms with Crippen molar-refractivity contribution in [3.8, 4) is 0 Å². The Morgan fingerprint density at radius 2 is 2.20 bits per heavy atom. The average Bonchev–Trinajstić information content (AvgIpc) is 3.13. The van der Waals surface area contributed by atoms with E-state index in [1.165, 1.54) is 12.1 Å². The second kappa shape index (κ2) is 4.94. The van der Waals surface area contributed by atoms with Gasteiger partial charge in [-0.15, -0.1) is 6.58 Å². The van der Waals surface area contributed by atoms with Crippen molar-refractivity contribution in [1.29, 1.82) is 0 Å². The number of nitrogens with two attached hydrogens (primary N) is 1. The molecule has 1 saturated carbocycles. The molecule has 2 atom stereocenters. The van der Waals surface area contributed by atoms with Gasteiger partial charge in [0.15, 0.2) is 0 Å². The Morgan fingerprint density at radius 3 is 2.70 bits per heavy atom. The molecular formula is C14H18N2O3S. The molecule has 0 radical (unpaired) electrons. The first kappa shape index (κ1) is 14.6. The number of hydrogen-bond acceptors (Lipinski definition) is 4. The maximum Gasteiger partial charge on any atom is 0.266 e. The molecule has 0 unspecified atom stereocenters. The van der Waals surface area contributed by atoms with Crippen LogP contribution in [0.3, 0.4) is 0 Å². The third-order valence-corrected chi connectivity index (χ3v) is 5.34. The van der Waals surface area contributed by atoms with Gasteiger partial charge in [0.1, 0.15) is 4.90 Å². The monoisotopic (exact) mass is 294 g/mol. The Hall–Kier alpha value is -1.82. The van der Waals surface area contributed by atoms with Gasteiger partial charge in [0.05, 0.1) is 11.1 Å². The number of rotatable bonds is 5. The third kappa shape index (κ3) is 2.31. The van der Waals surface area contributed by atoms with E-state index in [1.807, 2.05) is 6.92 Å². The van der Waals surface area contributed by atoms with E-state index in [4.69, 9.17) is 5.73 Å². The first-order valence-electron chi connectivity index (χ1n) is 6.41. The molecule has 20 heavy (non-hydrogen) atoms. The molecule has 0 aromatic heterocycles. The molecule has 1 aliphatic carbocycles. The Kier molecular flexibility index (Phi) is 3.60. The van der Waals surface area contributed by atoms with Crippen molar-refractivity contribution in [2.45, 2.75) is 24.7 Å². The second-order valence-corrected chi connectivity index (χ2v) is 6.68. The summed E-state index contributed by atoms with van der Waals surface area (Å²) in [6.45, 7) is 5.54. The number of sulfonamides is 1. The molecule has 6 heteroatoms. The van der Waals surface area contributed by atoms with E-state index in [0.717, 1.165) is 0 Å². The van der Waals surface area contributed by atoms with Crippen LogP contribution >= 0.6 is 0 Å². The Balaban J connectivity index is 2.24. The molecule has 0 spiro atoms. The lowest BCUT2D eigenvalue weighted by Crippen LogP contribution is -2.37. The summed E-state index contributed by atoms with van der Waals surface area (Å²) in [4.78, 5) is 12.2. The van der Waals surface area contributed by atoms with Crippen LogP contribution in [0.2, 0.25) is 0 Å². The first-order valence-corrected chi connectivity index (χ1v) is 7.90. The summed E-state index contributed by atoms with van der Waals surface area (Å²) in [6, 6.07) is 6.06. The molecule has 1 aromatic carbocycles. The number of carbonyl (C=O) groups is 1. The standard InChI is InChI=1S/C14H18N2O3S/c1-3-10-9-14(10,4-2)13(17)16-20(18,19)12-8-6-5-7-11(12)15/h3,5-8,10H,1,4,9,15H2,2H3,(H,16,17)/t10-,14+/m1/s1. The van der Waals surface area contributed by atoms with Crippen LogP contribution in [-0.4, -0.2) is 14.3 Å². The van der Waals surface area contributed by atoms with Gasteiger partial charge in [-0.1, -0.05) is 25.1 Å². The predicted molar refractivity (Wildman–Crippen MR) is 77.2 cm³/mol. The number of hydrogen-bond donors (Lipinski definition) is 2. The Morgan fingerprint density at radius 1 is 1.55 bits per heavy atom. The first-order chi connectivity index (χ1) is 9.37. The summed E-state index contributed by atoms with van der Waals surface area (Å²) >= 11 is 0. The second-order valence-electron chi connectivity index (χ2n) is 5.03. The number of amides is 1. The van der Waals surface area contributed by atoms with Crippen LogP contribution in [0.5, 0.6) is 0 Å². The van der Waals surface area contributed by atoms with Crippen molar-refractivity contribution in [2.24, 2.45) is 11.3 Å². The fraction of sp³-hybridized carbons (Fsp3) is 0.357. The minimum atomic E-state index is -3.93. The smallest absolute Gasteiger partial charge is 0.266 e. The number of para-hydroxylation sites is 1. The molecule has 3 N–H and O–H groups in total. The number of allylic oxidation sites excluding steroid dienone is 1. The number of anilines is 1. The molecule has 0 bridgehead atoms. The van der Waals surface area contributed by atoms with Crippen LogP contribution in [0.1, 0.15) is 19.8 Å². The highest BCUT2D eigenvalue weighted by atomic mass is 32.2. The summed E-state index contributed by atoms with van der Waals surface area (Å²) in [5, 5.41) is 0. The molecule has 5 nitrogen and oxygen atoms in total. The lowest BCUT2D eigenvalue weighted by Gasteiger charge is -2.15. The van der Waals surface area contributed by atoms with Crippen molar-refractivity contribution < 1.29 is 13.2 Å². The van der Waals surface area contributed by atoms with Crippen molar-refractivity contribution in [2.75, 3.05) is 5.73 Å². The fourth-order valence-corrected chi connectivity index (χ4v) is 3.67. The van der Waals surface area contributed by atoms with Crippen LogP contribution in [0.15, 0.2) is 41.8 Å². The molecule has 108 valence electrons. The van der Waals surface area contributed by atoms with E-state index in [-0.39, 0.29) is 16.5 Å². The van der Waals surface area contributed by atoms with Crippen molar-refractivity contribution in [1.82, 2.24) is 4.72 Å². The van der Waals surface area contributed by atoms with E-state index < -0.39 is 21.3 Å². The average molecular weight is 294 g/mol. The van der Waals surface area contributed by atoms with E-state index >= 15 is 0 Å². The lowest BCUT2D eigenvalue weighted by atomic mass is 10.00. The SMILES string of the molecule is C=C[C@@H]1C[C@]1(CC)C(=O)NS(=O)(=O)c1ccccc1N. The molecule has 2 rings (SSSR count). The molecule has 1 amide bonds. The fourth-order valence-electron chi connectivity index (χ4n) is 2.47. The zero-order valence-corrected chi connectivity index (χ0v) is 12.1. The van der Waals surface area contributed by atoms with Gasteiger partial charge in [0, 0.05) is 0 Å². The van der Waals surface area contributed by atoms with Crippen LogP contribution < -0.4 is 10.5 Å². The quantitative estimate of drug-likeness (QED) is 0.638. The maximum atomic E-state index is 12.2. The van der Waals surface area contributed by atoms with E-state index in [1.54, 1.807) is 18.2 Å². The van der Waals surface area contributed by atoms with E-state index in [2.05, 4.69) is 11.3 Å². The number of nitrogen functional groups attached to an aromatic ring is 1. The Labute approximate surface area is 118 Å². The maximum absolute atomic E-state index is 12.2. The van der Waals surface area contributed by atoms with Crippen LogP contribution in [0, 0.1) is 11.3 Å². The van der Waals surface area contributed by atoms with Gasteiger partial charge >= 0.3 is 0 Å².